The van der Waals surface area contributed by atoms with Crippen molar-refractivity contribution in [3.8, 4) is 0 Å². The molecule has 6 heteroatoms. The van der Waals surface area contributed by atoms with Gasteiger partial charge in [-0.25, -0.2) is 0 Å². The lowest BCUT2D eigenvalue weighted by atomic mass is 9.47. The fourth-order valence-corrected chi connectivity index (χ4v) is 10.2. The second-order valence-corrected chi connectivity index (χ2v) is 17.4. The Hall–Kier alpha value is -1.40. The van der Waals surface area contributed by atoms with Crippen molar-refractivity contribution in [2.24, 2.45) is 57.8 Å². The van der Waals surface area contributed by atoms with Crippen LogP contribution in [0.25, 0.3) is 0 Å². The van der Waals surface area contributed by atoms with E-state index in [2.05, 4.69) is 40.7 Å². The van der Waals surface area contributed by atoms with E-state index in [0.717, 1.165) is 67.6 Å². The Balaban J connectivity index is 1.26. The summed E-state index contributed by atoms with van der Waals surface area (Å²) in [6.45, 7) is 17.6. The summed E-state index contributed by atoms with van der Waals surface area (Å²) in [7, 11) is 0. The molecule has 0 bridgehead atoms. The molecule has 4 rings (SSSR count). The van der Waals surface area contributed by atoms with Gasteiger partial charge in [-0.05, 0) is 131 Å². The van der Waals surface area contributed by atoms with Crippen molar-refractivity contribution in [1.82, 2.24) is 4.90 Å². The average Bonchev–Trinajstić information content (AvgIpc) is 3.33. The van der Waals surface area contributed by atoms with Crippen LogP contribution in [0.1, 0.15) is 151 Å². The number of esters is 1. The van der Waals surface area contributed by atoms with Gasteiger partial charge in [0, 0.05) is 44.4 Å². The van der Waals surface area contributed by atoms with Crippen LogP contribution in [0.4, 0.5) is 0 Å². The predicted molar refractivity (Wildman–Crippen MR) is 190 cm³/mol. The van der Waals surface area contributed by atoms with Gasteiger partial charge in [0.15, 0.2) is 0 Å². The monoisotopic (exact) mass is 642 g/mol. The molecule has 3 fully saturated rings. The van der Waals surface area contributed by atoms with E-state index in [1.54, 1.807) is 5.57 Å². The molecule has 0 aromatic heterocycles. The van der Waals surface area contributed by atoms with E-state index >= 15 is 0 Å². The number of carbonyl (C=O) groups is 2. The van der Waals surface area contributed by atoms with Gasteiger partial charge in [0.2, 0.25) is 5.91 Å². The number of nitrogens with two attached hydrogens (primary N) is 2. The molecule has 4 aliphatic rings. The van der Waals surface area contributed by atoms with Crippen LogP contribution in [-0.2, 0) is 14.3 Å². The van der Waals surface area contributed by atoms with Crippen LogP contribution in [0.3, 0.4) is 0 Å². The first kappa shape index (κ1) is 37.4. The second kappa shape index (κ2) is 16.3. The highest BCUT2D eigenvalue weighted by Gasteiger charge is 2.58. The third-order valence-electron chi connectivity index (χ3n) is 13.7. The third kappa shape index (κ3) is 8.98. The van der Waals surface area contributed by atoms with Crippen molar-refractivity contribution in [1.29, 1.82) is 0 Å². The van der Waals surface area contributed by atoms with Gasteiger partial charge in [-0.2, -0.15) is 0 Å². The molecule has 4 aliphatic carbocycles. The van der Waals surface area contributed by atoms with Crippen LogP contribution in [0, 0.1) is 46.3 Å². The topological polar surface area (TPSA) is 98.6 Å². The average molecular weight is 642 g/mol. The highest BCUT2D eigenvalue weighted by molar-refractivity contribution is 5.77. The third-order valence-corrected chi connectivity index (χ3v) is 13.7. The van der Waals surface area contributed by atoms with Gasteiger partial charge >= 0.3 is 5.97 Å². The smallest absolute Gasteiger partial charge is 0.306 e. The molecule has 6 nitrogen and oxygen atoms in total. The van der Waals surface area contributed by atoms with Gasteiger partial charge in [-0.1, -0.05) is 59.1 Å². The van der Waals surface area contributed by atoms with E-state index in [-0.39, 0.29) is 35.5 Å². The Kier molecular flexibility index (Phi) is 13.3. The Bertz CT molecular complexity index is 1030. The van der Waals surface area contributed by atoms with Crippen molar-refractivity contribution in [2.45, 2.75) is 169 Å². The lowest BCUT2D eigenvalue weighted by molar-refractivity contribution is -0.151. The number of hydrogen-bond donors (Lipinski definition) is 2. The predicted octanol–water partition coefficient (Wildman–Crippen LogP) is 8.41. The molecule has 0 aromatic rings. The lowest BCUT2D eigenvalue weighted by Gasteiger charge is -2.58. The molecule has 46 heavy (non-hydrogen) atoms. The summed E-state index contributed by atoms with van der Waals surface area (Å²) in [6, 6.07) is 0.102. The first-order valence-corrected chi connectivity index (χ1v) is 19.4. The van der Waals surface area contributed by atoms with Gasteiger partial charge in [0.25, 0.3) is 0 Å². The molecule has 1 amide bonds. The molecule has 0 radical (unpaired) electrons. The SMILES string of the molecule is CC(N)CCN(CCC(C)N)C(=O)CCCC(=O)OC1CCC2(C)C(=CCC3C2CCC2(C)C(CCCC(C)C(C)C)CCC32)C1. The largest absolute Gasteiger partial charge is 0.462 e. The summed E-state index contributed by atoms with van der Waals surface area (Å²) in [4.78, 5) is 27.7. The lowest BCUT2D eigenvalue weighted by Crippen LogP contribution is -2.50. The van der Waals surface area contributed by atoms with Crippen LogP contribution >= 0.6 is 0 Å². The fraction of sp³-hybridized carbons (Fsp3) is 0.900. The first-order valence-electron chi connectivity index (χ1n) is 19.4. The summed E-state index contributed by atoms with van der Waals surface area (Å²) < 4.78 is 6.05. The zero-order valence-corrected chi connectivity index (χ0v) is 30.8. The van der Waals surface area contributed by atoms with E-state index in [0.29, 0.717) is 37.8 Å². The molecule has 0 spiro atoms. The van der Waals surface area contributed by atoms with Crippen LogP contribution in [0.5, 0.6) is 0 Å². The maximum atomic E-state index is 12.9. The van der Waals surface area contributed by atoms with Crippen molar-refractivity contribution in [3.05, 3.63) is 11.6 Å². The summed E-state index contributed by atoms with van der Waals surface area (Å²) in [5, 5.41) is 0. The zero-order valence-electron chi connectivity index (χ0n) is 30.8. The van der Waals surface area contributed by atoms with E-state index in [1.807, 2.05) is 18.7 Å². The van der Waals surface area contributed by atoms with Gasteiger partial charge < -0.3 is 21.1 Å². The summed E-state index contributed by atoms with van der Waals surface area (Å²) in [5.41, 5.74) is 14.2. The van der Waals surface area contributed by atoms with E-state index in [4.69, 9.17) is 16.2 Å². The highest BCUT2D eigenvalue weighted by atomic mass is 16.5. The molecule has 264 valence electrons. The summed E-state index contributed by atoms with van der Waals surface area (Å²) in [6.07, 6.45) is 19.4. The fourth-order valence-electron chi connectivity index (χ4n) is 10.2. The minimum absolute atomic E-state index is 0.0226. The Morgan fingerprint density at radius 2 is 1.59 bits per heavy atom. The van der Waals surface area contributed by atoms with E-state index in [1.165, 1.54) is 51.4 Å². The van der Waals surface area contributed by atoms with E-state index < -0.39 is 0 Å². The molecule has 0 aromatic carbocycles. The molecule has 3 saturated carbocycles. The Morgan fingerprint density at radius 3 is 2.24 bits per heavy atom. The number of hydrogen-bond acceptors (Lipinski definition) is 5. The Labute approximate surface area is 282 Å². The van der Waals surface area contributed by atoms with Gasteiger partial charge in [0.05, 0.1) is 0 Å². The van der Waals surface area contributed by atoms with Gasteiger partial charge in [0.1, 0.15) is 6.10 Å². The quantitative estimate of drug-likeness (QED) is 0.130. The molecule has 4 N–H and O–H groups in total. The molecule has 0 heterocycles. The van der Waals surface area contributed by atoms with Crippen molar-refractivity contribution in [3.63, 3.8) is 0 Å². The minimum Gasteiger partial charge on any atom is -0.462 e. The van der Waals surface area contributed by atoms with Gasteiger partial charge in [-0.3, -0.25) is 9.59 Å². The van der Waals surface area contributed by atoms with Crippen LogP contribution in [0.15, 0.2) is 11.6 Å². The van der Waals surface area contributed by atoms with E-state index in [9.17, 15) is 9.59 Å². The highest BCUT2D eigenvalue weighted by Crippen LogP contribution is 2.66. The zero-order chi connectivity index (χ0) is 33.6. The Morgan fingerprint density at radius 1 is 0.891 bits per heavy atom. The first-order chi connectivity index (χ1) is 21.7. The normalized spacial score (nSPS) is 34.1. The maximum Gasteiger partial charge on any atom is 0.306 e. The maximum absolute atomic E-state index is 12.9. The number of ether oxygens (including phenoxy) is 1. The summed E-state index contributed by atoms with van der Waals surface area (Å²) >= 11 is 0. The number of fused-ring (bicyclic) bond motifs is 5. The number of amides is 1. The molecule has 10 unspecified atom stereocenters. The van der Waals surface area contributed by atoms with Crippen molar-refractivity contribution >= 4 is 11.9 Å². The molecule has 0 aliphatic heterocycles. The summed E-state index contributed by atoms with van der Waals surface area (Å²) in [5.74, 6) is 4.95. The van der Waals surface area contributed by atoms with Crippen LogP contribution in [0.2, 0.25) is 0 Å². The number of carbonyl (C=O) groups excluding carboxylic acids is 2. The standard InChI is InChI=1S/C40H71N3O3/c1-27(2)28(3)10-8-11-31-15-17-35-34-16-14-32-26-33(18-22-40(32,7)36(34)19-23-39(31,35)6)46-38(45)13-9-12-37(44)43(24-20-29(4)41)25-21-30(5)42/h14,27-31,33-36H,8-13,15-26,41-42H2,1-7H3. The second-order valence-electron chi connectivity index (χ2n) is 17.4. The molecule has 0 saturated heterocycles. The van der Waals surface area contributed by atoms with Crippen LogP contribution in [-0.4, -0.2) is 48.1 Å². The minimum atomic E-state index is -0.151. The van der Waals surface area contributed by atoms with Crippen molar-refractivity contribution in [2.75, 3.05) is 13.1 Å². The molecular formula is C40H71N3O3. The molecule has 10 atom stereocenters. The van der Waals surface area contributed by atoms with Gasteiger partial charge in [-0.15, -0.1) is 0 Å². The number of nitrogens with zero attached hydrogens (tertiary/aromatic N) is 1. The molecular weight excluding hydrogens is 570 g/mol. The number of rotatable bonds is 16. The van der Waals surface area contributed by atoms with Crippen molar-refractivity contribution < 1.29 is 14.3 Å². The number of allylic oxidation sites excluding steroid dienone is 1. The van der Waals surface area contributed by atoms with Crippen LogP contribution < -0.4 is 11.5 Å².